The molecule has 1 fully saturated rings. The largest absolute Gasteiger partial charge is 0.370 e. The van der Waals surface area contributed by atoms with Crippen LogP contribution in [0, 0.1) is 5.92 Å². The van der Waals surface area contributed by atoms with Crippen LogP contribution in [0.5, 0.6) is 0 Å². The van der Waals surface area contributed by atoms with Gasteiger partial charge in [-0.15, -0.1) is 0 Å². The Morgan fingerprint density at radius 3 is 2.50 bits per heavy atom. The molecule has 0 bridgehead atoms. The summed E-state index contributed by atoms with van der Waals surface area (Å²) in [5.74, 6) is 0.233. The number of piperidine rings is 1. The van der Waals surface area contributed by atoms with Gasteiger partial charge in [0.25, 0.3) is 0 Å². The maximum absolute atomic E-state index is 11.0. The predicted molar refractivity (Wildman–Crippen MR) is 78.7 cm³/mol. The third-order valence-electron chi connectivity index (χ3n) is 4.08. The summed E-state index contributed by atoms with van der Waals surface area (Å²) in [6, 6.07) is 4.34. The molecule has 2 atom stereocenters. The van der Waals surface area contributed by atoms with E-state index in [0.717, 1.165) is 25.9 Å². The van der Waals surface area contributed by atoms with Gasteiger partial charge in [0, 0.05) is 30.9 Å². The Bertz CT molecular complexity index is 427. The fourth-order valence-electron chi connectivity index (χ4n) is 3.13. The van der Waals surface area contributed by atoms with Gasteiger partial charge in [-0.1, -0.05) is 0 Å². The van der Waals surface area contributed by atoms with E-state index in [4.69, 9.17) is 11.5 Å². The molecule has 1 amide bonds. The topological polar surface area (TPSA) is 85.2 Å². The minimum Gasteiger partial charge on any atom is -0.370 e. The van der Waals surface area contributed by atoms with Crippen LogP contribution in [-0.2, 0) is 4.79 Å². The lowest BCUT2D eigenvalue weighted by molar-refractivity contribution is -0.119. The molecule has 4 N–H and O–H groups in total. The van der Waals surface area contributed by atoms with E-state index < -0.39 is 0 Å². The molecule has 20 heavy (non-hydrogen) atoms. The van der Waals surface area contributed by atoms with E-state index in [-0.39, 0.29) is 18.0 Å². The van der Waals surface area contributed by atoms with Crippen molar-refractivity contribution in [2.75, 3.05) is 13.1 Å². The summed E-state index contributed by atoms with van der Waals surface area (Å²) < 4.78 is 0. The predicted octanol–water partition coefficient (Wildman–Crippen LogP) is 1.06. The third-order valence-corrected chi connectivity index (χ3v) is 4.08. The van der Waals surface area contributed by atoms with Crippen molar-refractivity contribution in [3.63, 3.8) is 0 Å². The molecule has 5 heteroatoms. The Morgan fingerprint density at radius 1 is 1.40 bits per heavy atom. The standard InChI is InChI=1S/C15H24N4O/c1-11(16)15(13-2-6-18-7-3-13)19-8-4-12(5-9-19)10-14(17)20/h2-3,6-7,11-12,15H,4-5,8-10,16H2,1H3,(H2,17,20). The first-order valence-electron chi connectivity index (χ1n) is 7.25. The summed E-state index contributed by atoms with van der Waals surface area (Å²) in [5, 5.41) is 0. The van der Waals surface area contributed by atoms with Crippen molar-refractivity contribution in [1.29, 1.82) is 0 Å². The molecule has 2 heterocycles. The van der Waals surface area contributed by atoms with Crippen molar-refractivity contribution >= 4 is 5.91 Å². The fourth-order valence-corrected chi connectivity index (χ4v) is 3.13. The van der Waals surface area contributed by atoms with Crippen LogP contribution in [0.1, 0.15) is 37.8 Å². The smallest absolute Gasteiger partial charge is 0.217 e. The van der Waals surface area contributed by atoms with Crippen LogP contribution in [0.2, 0.25) is 0 Å². The molecule has 1 saturated heterocycles. The molecule has 1 aliphatic rings. The Kier molecular flexibility index (Phi) is 5.09. The number of hydrogen-bond acceptors (Lipinski definition) is 4. The van der Waals surface area contributed by atoms with E-state index in [2.05, 4.69) is 9.88 Å². The zero-order chi connectivity index (χ0) is 14.5. The van der Waals surface area contributed by atoms with E-state index in [1.807, 2.05) is 31.5 Å². The zero-order valence-electron chi connectivity index (χ0n) is 12.0. The van der Waals surface area contributed by atoms with Crippen molar-refractivity contribution in [2.24, 2.45) is 17.4 Å². The van der Waals surface area contributed by atoms with E-state index in [0.29, 0.717) is 12.3 Å². The Labute approximate surface area is 120 Å². The van der Waals surface area contributed by atoms with Crippen molar-refractivity contribution < 1.29 is 4.79 Å². The van der Waals surface area contributed by atoms with Gasteiger partial charge in [0.1, 0.15) is 0 Å². The van der Waals surface area contributed by atoms with Gasteiger partial charge >= 0.3 is 0 Å². The minimum absolute atomic E-state index is 0.0603. The highest BCUT2D eigenvalue weighted by Gasteiger charge is 2.28. The summed E-state index contributed by atoms with van der Waals surface area (Å²) >= 11 is 0. The second kappa shape index (κ2) is 6.81. The number of likely N-dealkylation sites (tertiary alicyclic amines) is 1. The second-order valence-corrected chi connectivity index (χ2v) is 5.73. The second-order valence-electron chi connectivity index (χ2n) is 5.73. The zero-order valence-corrected chi connectivity index (χ0v) is 12.0. The Hall–Kier alpha value is -1.46. The molecule has 1 aliphatic heterocycles. The number of nitrogens with zero attached hydrogens (tertiary/aromatic N) is 2. The van der Waals surface area contributed by atoms with Crippen molar-refractivity contribution in [3.8, 4) is 0 Å². The molecule has 2 unspecified atom stereocenters. The first kappa shape index (κ1) is 14.9. The van der Waals surface area contributed by atoms with Gasteiger partial charge in [-0.3, -0.25) is 14.7 Å². The number of carbonyl (C=O) groups is 1. The van der Waals surface area contributed by atoms with Crippen LogP contribution in [-0.4, -0.2) is 34.9 Å². The van der Waals surface area contributed by atoms with Gasteiger partial charge in [-0.25, -0.2) is 0 Å². The maximum atomic E-state index is 11.0. The maximum Gasteiger partial charge on any atom is 0.217 e. The number of pyridine rings is 1. The third kappa shape index (κ3) is 3.77. The highest BCUT2D eigenvalue weighted by molar-refractivity contribution is 5.73. The van der Waals surface area contributed by atoms with Gasteiger partial charge < -0.3 is 11.5 Å². The van der Waals surface area contributed by atoms with Crippen molar-refractivity contribution in [3.05, 3.63) is 30.1 Å². The van der Waals surface area contributed by atoms with Crippen molar-refractivity contribution in [1.82, 2.24) is 9.88 Å². The molecule has 0 aromatic carbocycles. The summed E-state index contributed by atoms with van der Waals surface area (Å²) in [5.41, 5.74) is 12.7. The number of primary amides is 1. The molecule has 0 radical (unpaired) electrons. The molecular weight excluding hydrogens is 252 g/mol. The minimum atomic E-state index is -0.193. The molecule has 2 rings (SSSR count). The monoisotopic (exact) mass is 276 g/mol. The molecule has 1 aromatic heterocycles. The average Bonchev–Trinajstić information content (AvgIpc) is 2.41. The van der Waals surface area contributed by atoms with Gasteiger partial charge in [-0.2, -0.15) is 0 Å². The van der Waals surface area contributed by atoms with Crippen LogP contribution in [0.25, 0.3) is 0 Å². The number of nitrogens with two attached hydrogens (primary N) is 2. The molecule has 110 valence electrons. The van der Waals surface area contributed by atoms with E-state index in [9.17, 15) is 4.79 Å². The number of hydrogen-bond donors (Lipinski definition) is 2. The van der Waals surface area contributed by atoms with E-state index >= 15 is 0 Å². The average molecular weight is 276 g/mol. The highest BCUT2D eigenvalue weighted by atomic mass is 16.1. The Morgan fingerprint density at radius 2 is 2.00 bits per heavy atom. The molecule has 0 saturated carbocycles. The quantitative estimate of drug-likeness (QED) is 0.842. The van der Waals surface area contributed by atoms with Crippen LogP contribution in [0.4, 0.5) is 0 Å². The molecular formula is C15H24N4O. The number of carbonyl (C=O) groups excluding carboxylic acids is 1. The lowest BCUT2D eigenvalue weighted by Gasteiger charge is -2.39. The van der Waals surface area contributed by atoms with E-state index in [1.165, 1.54) is 5.56 Å². The summed E-state index contributed by atoms with van der Waals surface area (Å²) in [6.07, 6.45) is 6.15. The molecule has 5 nitrogen and oxygen atoms in total. The summed E-state index contributed by atoms with van der Waals surface area (Å²) in [7, 11) is 0. The summed E-state index contributed by atoms with van der Waals surface area (Å²) in [4.78, 5) is 17.5. The van der Waals surface area contributed by atoms with Gasteiger partial charge in [0.05, 0.1) is 0 Å². The fraction of sp³-hybridized carbons (Fsp3) is 0.600. The molecule has 0 aliphatic carbocycles. The Balaban J connectivity index is 2.01. The molecule has 1 aromatic rings. The lowest BCUT2D eigenvalue weighted by atomic mass is 9.90. The van der Waals surface area contributed by atoms with Gasteiger partial charge in [-0.05, 0) is 56.5 Å². The van der Waals surface area contributed by atoms with Crippen molar-refractivity contribution in [2.45, 2.75) is 38.3 Å². The van der Waals surface area contributed by atoms with Crippen LogP contribution < -0.4 is 11.5 Å². The van der Waals surface area contributed by atoms with Gasteiger partial charge in [0.2, 0.25) is 5.91 Å². The highest BCUT2D eigenvalue weighted by Crippen LogP contribution is 2.29. The number of amides is 1. The normalized spacial score (nSPS) is 20.5. The summed E-state index contributed by atoms with van der Waals surface area (Å²) in [6.45, 7) is 3.97. The van der Waals surface area contributed by atoms with Crippen LogP contribution in [0.3, 0.4) is 0 Å². The number of aromatic nitrogens is 1. The number of rotatable bonds is 5. The first-order valence-corrected chi connectivity index (χ1v) is 7.25. The van der Waals surface area contributed by atoms with Crippen LogP contribution >= 0.6 is 0 Å². The molecule has 0 spiro atoms. The first-order chi connectivity index (χ1) is 9.58. The van der Waals surface area contributed by atoms with Gasteiger partial charge in [0.15, 0.2) is 0 Å². The lowest BCUT2D eigenvalue weighted by Crippen LogP contribution is -2.44. The van der Waals surface area contributed by atoms with Crippen LogP contribution in [0.15, 0.2) is 24.5 Å². The van der Waals surface area contributed by atoms with E-state index in [1.54, 1.807) is 0 Å². The SMILES string of the molecule is CC(N)C(c1ccncc1)N1CCC(CC(N)=O)CC1.